The molecule has 2 aromatic rings. The number of carbonyl (C=O) groups excluding carboxylic acids is 1. The normalized spacial score (nSPS) is 17.6. The Morgan fingerprint density at radius 2 is 1.76 bits per heavy atom. The van der Waals surface area contributed by atoms with E-state index < -0.39 is 0 Å². The van der Waals surface area contributed by atoms with Crippen molar-refractivity contribution in [2.75, 3.05) is 6.54 Å². The van der Waals surface area contributed by atoms with Gasteiger partial charge in [-0.1, -0.05) is 54.6 Å². The summed E-state index contributed by atoms with van der Waals surface area (Å²) in [6.45, 7) is 1.54. The predicted molar refractivity (Wildman–Crippen MR) is 84.7 cm³/mol. The molecule has 1 fully saturated rings. The molecule has 1 aliphatic heterocycles. The van der Waals surface area contributed by atoms with Crippen LogP contribution in [0.15, 0.2) is 54.6 Å². The lowest BCUT2D eigenvalue weighted by Crippen LogP contribution is -2.39. The zero-order chi connectivity index (χ0) is 14.5. The van der Waals surface area contributed by atoms with Gasteiger partial charge in [0.05, 0.1) is 6.04 Å². The van der Waals surface area contributed by atoms with Gasteiger partial charge >= 0.3 is 0 Å². The van der Waals surface area contributed by atoms with E-state index >= 15 is 0 Å². The number of hydrogen-bond donors (Lipinski definition) is 2. The highest BCUT2D eigenvalue weighted by Gasteiger charge is 2.21. The van der Waals surface area contributed by atoms with E-state index in [1.807, 2.05) is 18.2 Å². The van der Waals surface area contributed by atoms with Gasteiger partial charge in [0.15, 0.2) is 0 Å². The zero-order valence-electron chi connectivity index (χ0n) is 12.0. The SMILES string of the molecule is O=C(NCc1ccc(-c2ccccc2)cc1)C1CCCN1. The highest BCUT2D eigenvalue weighted by atomic mass is 16.2. The van der Waals surface area contributed by atoms with Crippen molar-refractivity contribution in [3.63, 3.8) is 0 Å². The maximum Gasteiger partial charge on any atom is 0.237 e. The van der Waals surface area contributed by atoms with Gasteiger partial charge in [0.1, 0.15) is 0 Å². The molecule has 1 unspecified atom stereocenters. The summed E-state index contributed by atoms with van der Waals surface area (Å²) in [5.74, 6) is 0.111. The molecule has 2 N–H and O–H groups in total. The van der Waals surface area contributed by atoms with E-state index in [4.69, 9.17) is 0 Å². The fourth-order valence-electron chi connectivity index (χ4n) is 2.67. The Hall–Kier alpha value is -2.13. The minimum Gasteiger partial charge on any atom is -0.351 e. The summed E-state index contributed by atoms with van der Waals surface area (Å²) in [4.78, 5) is 11.9. The van der Waals surface area contributed by atoms with Crippen LogP contribution in [0, 0.1) is 0 Å². The minimum atomic E-state index is -0.00593. The van der Waals surface area contributed by atoms with Gasteiger partial charge < -0.3 is 10.6 Å². The van der Waals surface area contributed by atoms with Crippen molar-refractivity contribution in [1.29, 1.82) is 0 Å². The van der Waals surface area contributed by atoms with Crippen LogP contribution in [0.2, 0.25) is 0 Å². The summed E-state index contributed by atoms with van der Waals surface area (Å²) in [6.07, 6.45) is 2.03. The molecule has 21 heavy (non-hydrogen) atoms. The summed E-state index contributed by atoms with van der Waals surface area (Å²) in [6, 6.07) is 18.6. The fraction of sp³-hybridized carbons (Fsp3) is 0.278. The molecule has 3 rings (SSSR count). The summed E-state index contributed by atoms with van der Waals surface area (Å²) >= 11 is 0. The van der Waals surface area contributed by atoms with Gasteiger partial charge in [-0.15, -0.1) is 0 Å². The van der Waals surface area contributed by atoms with Crippen molar-refractivity contribution in [3.8, 4) is 11.1 Å². The lowest BCUT2D eigenvalue weighted by molar-refractivity contribution is -0.122. The number of hydrogen-bond acceptors (Lipinski definition) is 2. The van der Waals surface area contributed by atoms with Crippen molar-refractivity contribution >= 4 is 5.91 Å². The Kier molecular flexibility index (Phi) is 4.31. The molecule has 0 spiro atoms. The molecular weight excluding hydrogens is 260 g/mol. The molecule has 1 heterocycles. The highest BCUT2D eigenvalue weighted by molar-refractivity contribution is 5.82. The van der Waals surface area contributed by atoms with Crippen molar-refractivity contribution < 1.29 is 4.79 Å². The van der Waals surface area contributed by atoms with Crippen LogP contribution < -0.4 is 10.6 Å². The van der Waals surface area contributed by atoms with E-state index in [0.717, 1.165) is 24.9 Å². The summed E-state index contributed by atoms with van der Waals surface area (Å²) in [7, 11) is 0. The molecule has 108 valence electrons. The molecule has 2 aromatic carbocycles. The first-order valence-corrected chi connectivity index (χ1v) is 7.48. The van der Waals surface area contributed by atoms with Gasteiger partial charge in [-0.3, -0.25) is 4.79 Å². The van der Waals surface area contributed by atoms with E-state index in [1.54, 1.807) is 0 Å². The third-order valence-corrected chi connectivity index (χ3v) is 3.90. The second-order valence-corrected chi connectivity index (χ2v) is 5.43. The second-order valence-electron chi connectivity index (χ2n) is 5.43. The van der Waals surface area contributed by atoms with Crippen LogP contribution in [-0.2, 0) is 11.3 Å². The molecule has 0 bridgehead atoms. The third-order valence-electron chi connectivity index (χ3n) is 3.90. The first kappa shape index (κ1) is 13.8. The molecule has 0 saturated carbocycles. The van der Waals surface area contributed by atoms with Crippen LogP contribution in [0.25, 0.3) is 11.1 Å². The van der Waals surface area contributed by atoms with Crippen molar-refractivity contribution in [2.24, 2.45) is 0 Å². The van der Waals surface area contributed by atoms with Gasteiger partial charge in [0.2, 0.25) is 5.91 Å². The number of amides is 1. The summed E-state index contributed by atoms with van der Waals surface area (Å²) in [5, 5.41) is 6.21. The third kappa shape index (κ3) is 3.50. The van der Waals surface area contributed by atoms with Gasteiger partial charge in [0, 0.05) is 6.54 Å². The van der Waals surface area contributed by atoms with Gasteiger partial charge in [-0.05, 0) is 36.1 Å². The van der Waals surface area contributed by atoms with Crippen molar-refractivity contribution in [3.05, 3.63) is 60.2 Å². The van der Waals surface area contributed by atoms with Crippen LogP contribution in [-0.4, -0.2) is 18.5 Å². The second kappa shape index (κ2) is 6.55. The molecule has 3 heteroatoms. The molecular formula is C18H20N2O. The smallest absolute Gasteiger partial charge is 0.237 e. The molecule has 0 aliphatic carbocycles. The Balaban J connectivity index is 1.58. The quantitative estimate of drug-likeness (QED) is 0.904. The van der Waals surface area contributed by atoms with E-state index in [2.05, 4.69) is 47.0 Å². The molecule has 1 aliphatic rings. The number of nitrogens with one attached hydrogen (secondary N) is 2. The molecule has 3 nitrogen and oxygen atoms in total. The largest absolute Gasteiger partial charge is 0.351 e. The van der Waals surface area contributed by atoms with Gasteiger partial charge in [-0.2, -0.15) is 0 Å². The van der Waals surface area contributed by atoms with Gasteiger partial charge in [0.25, 0.3) is 0 Å². The lowest BCUT2D eigenvalue weighted by Gasteiger charge is -2.11. The standard InChI is InChI=1S/C18H20N2O/c21-18(17-7-4-12-19-17)20-13-14-8-10-16(11-9-14)15-5-2-1-3-6-15/h1-3,5-6,8-11,17,19H,4,7,12-13H2,(H,20,21). The number of carbonyl (C=O) groups is 1. The van der Waals surface area contributed by atoms with Crippen LogP contribution >= 0.6 is 0 Å². The average Bonchev–Trinajstić information content (AvgIpc) is 3.08. The van der Waals surface area contributed by atoms with E-state index in [0.29, 0.717) is 6.54 Å². The average molecular weight is 280 g/mol. The van der Waals surface area contributed by atoms with Gasteiger partial charge in [-0.25, -0.2) is 0 Å². The monoisotopic (exact) mass is 280 g/mol. The maximum atomic E-state index is 11.9. The fourth-order valence-corrected chi connectivity index (χ4v) is 2.67. The Morgan fingerprint density at radius 3 is 2.43 bits per heavy atom. The van der Waals surface area contributed by atoms with E-state index in [-0.39, 0.29) is 11.9 Å². The molecule has 0 aromatic heterocycles. The van der Waals surface area contributed by atoms with E-state index in [1.165, 1.54) is 11.1 Å². The van der Waals surface area contributed by atoms with Crippen LogP contribution in [0.3, 0.4) is 0 Å². The van der Waals surface area contributed by atoms with Crippen LogP contribution in [0.5, 0.6) is 0 Å². The molecule has 1 saturated heterocycles. The number of rotatable bonds is 4. The predicted octanol–water partition coefficient (Wildman–Crippen LogP) is 2.72. The Labute approximate surface area is 125 Å². The van der Waals surface area contributed by atoms with Crippen molar-refractivity contribution in [2.45, 2.75) is 25.4 Å². The molecule has 1 atom stereocenters. The highest BCUT2D eigenvalue weighted by Crippen LogP contribution is 2.19. The van der Waals surface area contributed by atoms with Crippen molar-refractivity contribution in [1.82, 2.24) is 10.6 Å². The molecule has 1 amide bonds. The summed E-state index contributed by atoms with van der Waals surface area (Å²) in [5.41, 5.74) is 3.53. The molecule has 0 radical (unpaired) electrons. The topological polar surface area (TPSA) is 41.1 Å². The zero-order valence-corrected chi connectivity index (χ0v) is 12.0. The first-order chi connectivity index (χ1) is 10.3. The van der Waals surface area contributed by atoms with Crippen LogP contribution in [0.1, 0.15) is 18.4 Å². The van der Waals surface area contributed by atoms with E-state index in [9.17, 15) is 4.79 Å². The van der Waals surface area contributed by atoms with Crippen LogP contribution in [0.4, 0.5) is 0 Å². The Bertz CT molecular complexity index is 586. The number of benzene rings is 2. The summed E-state index contributed by atoms with van der Waals surface area (Å²) < 4.78 is 0. The maximum absolute atomic E-state index is 11.9. The lowest BCUT2D eigenvalue weighted by atomic mass is 10.0. The first-order valence-electron chi connectivity index (χ1n) is 7.48. The minimum absolute atomic E-state index is 0.00593. The Morgan fingerprint density at radius 1 is 1.05 bits per heavy atom.